The third-order valence-corrected chi connectivity index (χ3v) is 2.74. The van der Waals surface area contributed by atoms with E-state index in [2.05, 4.69) is 0 Å². The molecule has 2 N–H and O–H groups in total. The number of carbonyl (C=O) groups excluding carboxylic acids is 1. The summed E-state index contributed by atoms with van der Waals surface area (Å²) in [6.07, 6.45) is 0. The molecular formula is C13H8ClF2NO. The average molecular weight is 268 g/mol. The fourth-order valence-corrected chi connectivity index (χ4v) is 1.72. The van der Waals surface area contributed by atoms with Crippen LogP contribution in [-0.2, 0) is 0 Å². The minimum atomic E-state index is -1.11. The topological polar surface area (TPSA) is 43.1 Å². The third-order valence-electron chi connectivity index (χ3n) is 2.43. The zero-order valence-electron chi connectivity index (χ0n) is 9.08. The van der Waals surface area contributed by atoms with Gasteiger partial charge in [0.15, 0.2) is 17.4 Å². The molecule has 0 unspecified atom stereocenters. The van der Waals surface area contributed by atoms with Gasteiger partial charge in [-0.1, -0.05) is 11.6 Å². The molecule has 2 rings (SSSR count). The zero-order chi connectivity index (χ0) is 13.3. The average Bonchev–Trinajstić information content (AvgIpc) is 2.34. The van der Waals surface area contributed by atoms with Crippen LogP contribution in [0.3, 0.4) is 0 Å². The first-order valence-electron chi connectivity index (χ1n) is 5.04. The van der Waals surface area contributed by atoms with Gasteiger partial charge in [0.25, 0.3) is 0 Å². The number of rotatable bonds is 2. The summed E-state index contributed by atoms with van der Waals surface area (Å²) < 4.78 is 26.0. The Hall–Kier alpha value is -1.94. The van der Waals surface area contributed by atoms with Crippen molar-refractivity contribution in [3.63, 3.8) is 0 Å². The van der Waals surface area contributed by atoms with Gasteiger partial charge in [-0.05, 0) is 36.4 Å². The van der Waals surface area contributed by atoms with Crippen molar-refractivity contribution < 1.29 is 13.6 Å². The van der Waals surface area contributed by atoms with E-state index in [1.54, 1.807) is 12.1 Å². The Morgan fingerprint density at radius 2 is 1.61 bits per heavy atom. The fourth-order valence-electron chi connectivity index (χ4n) is 1.49. The van der Waals surface area contributed by atoms with Gasteiger partial charge in [-0.25, -0.2) is 8.78 Å². The number of carbonyl (C=O) groups is 1. The van der Waals surface area contributed by atoms with Crippen LogP contribution in [0.1, 0.15) is 15.9 Å². The Balaban J connectivity index is 2.46. The summed E-state index contributed by atoms with van der Waals surface area (Å²) >= 11 is 5.73. The van der Waals surface area contributed by atoms with Crippen LogP contribution < -0.4 is 5.73 Å². The van der Waals surface area contributed by atoms with E-state index < -0.39 is 17.4 Å². The molecule has 92 valence electrons. The highest BCUT2D eigenvalue weighted by molar-refractivity contribution is 6.35. The molecule has 0 aromatic heterocycles. The van der Waals surface area contributed by atoms with E-state index in [9.17, 15) is 13.6 Å². The number of ketones is 1. The lowest BCUT2D eigenvalue weighted by atomic mass is 10.0. The SMILES string of the molecule is Nc1ccc(C(=O)c2cc(F)c(F)cc2Cl)cc1. The molecule has 0 aliphatic carbocycles. The second-order valence-corrected chi connectivity index (χ2v) is 4.10. The molecule has 2 aromatic rings. The number of halogens is 3. The summed E-state index contributed by atoms with van der Waals surface area (Å²) in [7, 11) is 0. The molecular weight excluding hydrogens is 260 g/mol. The van der Waals surface area contributed by atoms with Crippen LogP contribution in [0.4, 0.5) is 14.5 Å². The van der Waals surface area contributed by atoms with Gasteiger partial charge in [-0.3, -0.25) is 4.79 Å². The maximum atomic E-state index is 13.1. The van der Waals surface area contributed by atoms with E-state index in [0.29, 0.717) is 11.3 Å². The predicted octanol–water partition coefficient (Wildman–Crippen LogP) is 3.43. The third kappa shape index (κ3) is 2.33. The van der Waals surface area contributed by atoms with Crippen LogP contribution in [0.25, 0.3) is 0 Å². The molecule has 0 aliphatic heterocycles. The highest BCUT2D eigenvalue weighted by atomic mass is 35.5. The van der Waals surface area contributed by atoms with Crippen LogP contribution in [0.15, 0.2) is 36.4 Å². The molecule has 0 bridgehead atoms. The summed E-state index contributed by atoms with van der Waals surface area (Å²) in [6, 6.07) is 7.64. The molecule has 5 heteroatoms. The van der Waals surface area contributed by atoms with Crippen molar-refractivity contribution in [3.05, 3.63) is 64.2 Å². The lowest BCUT2D eigenvalue weighted by molar-refractivity contribution is 0.103. The van der Waals surface area contributed by atoms with Gasteiger partial charge in [0.2, 0.25) is 0 Å². The van der Waals surface area contributed by atoms with E-state index >= 15 is 0 Å². The molecule has 2 aromatic carbocycles. The molecule has 0 saturated heterocycles. The fraction of sp³-hybridized carbons (Fsp3) is 0. The molecule has 0 spiro atoms. The van der Waals surface area contributed by atoms with Crippen molar-refractivity contribution in [2.24, 2.45) is 0 Å². The van der Waals surface area contributed by atoms with E-state index in [0.717, 1.165) is 12.1 Å². The lowest BCUT2D eigenvalue weighted by Crippen LogP contribution is -2.04. The number of hydrogen-bond acceptors (Lipinski definition) is 2. The summed E-state index contributed by atoms with van der Waals surface area (Å²) in [5.41, 5.74) is 6.22. The molecule has 0 aliphatic rings. The van der Waals surface area contributed by atoms with Crippen molar-refractivity contribution in [1.82, 2.24) is 0 Å². The van der Waals surface area contributed by atoms with Crippen LogP contribution in [0.5, 0.6) is 0 Å². The van der Waals surface area contributed by atoms with Crippen LogP contribution in [-0.4, -0.2) is 5.78 Å². The second kappa shape index (κ2) is 4.74. The Bertz CT molecular complexity index is 611. The number of hydrogen-bond donors (Lipinski definition) is 1. The Morgan fingerprint density at radius 1 is 1.06 bits per heavy atom. The second-order valence-electron chi connectivity index (χ2n) is 3.70. The van der Waals surface area contributed by atoms with E-state index in [-0.39, 0.29) is 10.6 Å². The first kappa shape index (κ1) is 12.5. The van der Waals surface area contributed by atoms with Crippen molar-refractivity contribution in [3.8, 4) is 0 Å². The smallest absolute Gasteiger partial charge is 0.194 e. The summed E-state index contributed by atoms with van der Waals surface area (Å²) in [5.74, 6) is -2.69. The van der Waals surface area contributed by atoms with E-state index in [4.69, 9.17) is 17.3 Å². The molecule has 0 radical (unpaired) electrons. The molecule has 0 heterocycles. The van der Waals surface area contributed by atoms with Crippen molar-refractivity contribution in [1.29, 1.82) is 0 Å². The Kier molecular flexibility index (Phi) is 3.30. The van der Waals surface area contributed by atoms with Gasteiger partial charge in [0, 0.05) is 16.8 Å². The Morgan fingerprint density at radius 3 is 2.22 bits per heavy atom. The number of nitrogens with two attached hydrogens (primary N) is 1. The van der Waals surface area contributed by atoms with Crippen LogP contribution in [0.2, 0.25) is 5.02 Å². The highest BCUT2D eigenvalue weighted by Gasteiger charge is 2.16. The van der Waals surface area contributed by atoms with Crippen LogP contribution in [0, 0.1) is 11.6 Å². The number of nitrogen functional groups attached to an aromatic ring is 1. The van der Waals surface area contributed by atoms with Crippen molar-refractivity contribution in [2.45, 2.75) is 0 Å². The van der Waals surface area contributed by atoms with Crippen molar-refractivity contribution >= 4 is 23.1 Å². The minimum absolute atomic E-state index is 0.0830. The molecule has 0 amide bonds. The van der Waals surface area contributed by atoms with Gasteiger partial charge in [-0.2, -0.15) is 0 Å². The maximum Gasteiger partial charge on any atom is 0.194 e. The van der Waals surface area contributed by atoms with Crippen molar-refractivity contribution in [2.75, 3.05) is 5.73 Å². The summed E-state index contributed by atoms with van der Waals surface area (Å²) in [6.45, 7) is 0. The molecule has 18 heavy (non-hydrogen) atoms. The highest BCUT2D eigenvalue weighted by Crippen LogP contribution is 2.23. The van der Waals surface area contributed by atoms with E-state index in [1.807, 2.05) is 0 Å². The molecule has 0 saturated carbocycles. The van der Waals surface area contributed by atoms with Gasteiger partial charge >= 0.3 is 0 Å². The molecule has 0 atom stereocenters. The minimum Gasteiger partial charge on any atom is -0.399 e. The van der Waals surface area contributed by atoms with E-state index in [1.165, 1.54) is 12.1 Å². The largest absolute Gasteiger partial charge is 0.399 e. The summed E-state index contributed by atoms with van der Waals surface area (Å²) in [5, 5.41) is -0.129. The van der Waals surface area contributed by atoms with Gasteiger partial charge in [0.1, 0.15) is 0 Å². The first-order valence-corrected chi connectivity index (χ1v) is 5.41. The monoisotopic (exact) mass is 267 g/mol. The number of benzene rings is 2. The van der Waals surface area contributed by atoms with Crippen LogP contribution >= 0.6 is 11.6 Å². The maximum absolute atomic E-state index is 13.1. The quantitative estimate of drug-likeness (QED) is 0.515. The van der Waals surface area contributed by atoms with Gasteiger partial charge < -0.3 is 5.73 Å². The number of anilines is 1. The molecule has 2 nitrogen and oxygen atoms in total. The molecule has 0 fully saturated rings. The standard InChI is InChI=1S/C13H8ClF2NO/c14-10-6-12(16)11(15)5-9(10)13(18)7-1-3-8(17)4-2-7/h1-6H,17H2. The van der Waals surface area contributed by atoms with Gasteiger partial charge in [-0.15, -0.1) is 0 Å². The Labute approximate surface area is 107 Å². The summed E-state index contributed by atoms with van der Waals surface area (Å²) in [4.78, 5) is 12.0. The normalized spacial score (nSPS) is 10.4. The lowest BCUT2D eigenvalue weighted by Gasteiger charge is -2.05. The van der Waals surface area contributed by atoms with Gasteiger partial charge in [0.05, 0.1) is 5.02 Å². The first-order chi connectivity index (χ1) is 8.49. The zero-order valence-corrected chi connectivity index (χ0v) is 9.84. The predicted molar refractivity (Wildman–Crippen MR) is 65.7 cm³/mol.